The van der Waals surface area contributed by atoms with Crippen molar-refractivity contribution in [3.63, 3.8) is 0 Å². The molecule has 27 heavy (non-hydrogen) atoms. The number of nitrogens with zero attached hydrogens (tertiary/aromatic N) is 5. The molecular weight excluding hydrogens is 355 g/mol. The molecule has 0 aliphatic heterocycles. The molecule has 0 spiro atoms. The summed E-state index contributed by atoms with van der Waals surface area (Å²) in [7, 11) is 0. The van der Waals surface area contributed by atoms with Gasteiger partial charge in [-0.15, -0.1) is 0 Å². The first-order chi connectivity index (χ1) is 12.9. The van der Waals surface area contributed by atoms with Crippen LogP contribution in [-0.2, 0) is 12.6 Å². The van der Waals surface area contributed by atoms with Crippen LogP contribution in [-0.4, -0.2) is 24.4 Å². The molecule has 138 valence electrons. The molecule has 1 aliphatic carbocycles. The van der Waals surface area contributed by atoms with E-state index < -0.39 is 11.9 Å². The smallest absolute Gasteiger partial charge is 0.231 e. The van der Waals surface area contributed by atoms with Crippen LogP contribution in [0.1, 0.15) is 29.9 Å². The van der Waals surface area contributed by atoms with E-state index in [-0.39, 0.29) is 11.3 Å². The van der Waals surface area contributed by atoms with Gasteiger partial charge in [0.25, 0.3) is 0 Å². The highest BCUT2D eigenvalue weighted by atomic mass is 19.4. The minimum Gasteiger partial charge on any atom is -0.231 e. The first-order valence-corrected chi connectivity index (χ1v) is 8.81. The number of alkyl halides is 3. The molecule has 0 radical (unpaired) electrons. The van der Waals surface area contributed by atoms with E-state index in [9.17, 15) is 13.2 Å². The molecule has 5 nitrogen and oxygen atoms in total. The van der Waals surface area contributed by atoms with Crippen molar-refractivity contribution in [3.05, 3.63) is 53.6 Å². The fraction of sp³-hybridized carbons (Fsp3) is 0.316. The monoisotopic (exact) mass is 371 g/mol. The largest absolute Gasteiger partial charge is 0.435 e. The van der Waals surface area contributed by atoms with E-state index in [0.717, 1.165) is 28.3 Å². The molecule has 0 unspecified atom stereocenters. The van der Waals surface area contributed by atoms with Crippen LogP contribution in [0.25, 0.3) is 22.2 Å². The van der Waals surface area contributed by atoms with Gasteiger partial charge in [-0.05, 0) is 43.4 Å². The molecular formula is C19H16F3N5. The lowest BCUT2D eigenvalue weighted by atomic mass is 10.1. The maximum absolute atomic E-state index is 14.0. The second-order valence-electron chi connectivity index (χ2n) is 7.08. The SMILES string of the molecule is Cc1cccc2cnn(-c3ccc4nc(CC5CC5)nn4c3C(F)(F)F)c12. The van der Waals surface area contributed by atoms with Gasteiger partial charge in [0, 0.05) is 11.8 Å². The summed E-state index contributed by atoms with van der Waals surface area (Å²) in [4.78, 5) is 4.29. The molecule has 3 heterocycles. The molecule has 1 fully saturated rings. The molecule has 4 aromatic rings. The Kier molecular flexibility index (Phi) is 3.35. The Bertz CT molecular complexity index is 1170. The molecule has 1 aromatic carbocycles. The second kappa shape index (κ2) is 5.55. The van der Waals surface area contributed by atoms with Gasteiger partial charge in [-0.25, -0.2) is 14.2 Å². The number of aryl methyl sites for hydroxylation is 1. The number of para-hydroxylation sites is 1. The maximum atomic E-state index is 14.0. The maximum Gasteiger partial charge on any atom is 0.435 e. The number of halogens is 3. The van der Waals surface area contributed by atoms with Crippen molar-refractivity contribution in [3.8, 4) is 5.69 Å². The predicted molar refractivity (Wildman–Crippen MR) is 93.8 cm³/mol. The highest BCUT2D eigenvalue weighted by molar-refractivity contribution is 5.83. The Balaban J connectivity index is 1.78. The lowest BCUT2D eigenvalue weighted by Gasteiger charge is -2.15. The number of fused-ring (bicyclic) bond motifs is 2. The molecule has 8 heteroatoms. The zero-order valence-corrected chi connectivity index (χ0v) is 14.5. The summed E-state index contributed by atoms with van der Waals surface area (Å²) in [5.41, 5.74) is 0.798. The van der Waals surface area contributed by atoms with E-state index in [1.54, 1.807) is 12.3 Å². The summed E-state index contributed by atoms with van der Waals surface area (Å²) in [6.45, 7) is 1.86. The quantitative estimate of drug-likeness (QED) is 0.538. The van der Waals surface area contributed by atoms with Crippen LogP contribution in [0, 0.1) is 12.8 Å². The fourth-order valence-electron chi connectivity index (χ4n) is 3.52. The van der Waals surface area contributed by atoms with Crippen LogP contribution in [0.4, 0.5) is 13.2 Å². The number of benzene rings is 1. The molecule has 0 bridgehead atoms. The van der Waals surface area contributed by atoms with Crippen molar-refractivity contribution in [1.82, 2.24) is 24.4 Å². The van der Waals surface area contributed by atoms with E-state index >= 15 is 0 Å². The third-order valence-electron chi connectivity index (χ3n) is 4.98. The van der Waals surface area contributed by atoms with E-state index in [0.29, 0.717) is 23.7 Å². The van der Waals surface area contributed by atoms with Crippen molar-refractivity contribution in [1.29, 1.82) is 0 Å². The van der Waals surface area contributed by atoms with Gasteiger partial charge in [0.1, 0.15) is 0 Å². The van der Waals surface area contributed by atoms with Crippen molar-refractivity contribution in [2.75, 3.05) is 0 Å². The number of pyridine rings is 1. The van der Waals surface area contributed by atoms with Crippen LogP contribution in [0.15, 0.2) is 36.5 Å². The first-order valence-electron chi connectivity index (χ1n) is 8.81. The van der Waals surface area contributed by atoms with E-state index in [4.69, 9.17) is 0 Å². The number of rotatable bonds is 3. The zero-order valence-electron chi connectivity index (χ0n) is 14.5. The Morgan fingerprint density at radius 1 is 1.15 bits per heavy atom. The van der Waals surface area contributed by atoms with Gasteiger partial charge in [0.15, 0.2) is 17.2 Å². The van der Waals surface area contributed by atoms with Gasteiger partial charge in [0.2, 0.25) is 0 Å². The van der Waals surface area contributed by atoms with Crippen molar-refractivity contribution < 1.29 is 13.2 Å². The lowest BCUT2D eigenvalue weighted by molar-refractivity contribution is -0.142. The molecule has 1 aliphatic rings. The minimum atomic E-state index is -4.60. The van der Waals surface area contributed by atoms with Gasteiger partial charge in [-0.1, -0.05) is 18.2 Å². The second-order valence-corrected chi connectivity index (χ2v) is 7.08. The molecule has 3 aromatic heterocycles. The van der Waals surface area contributed by atoms with Crippen LogP contribution in [0.5, 0.6) is 0 Å². The average molecular weight is 371 g/mol. The molecule has 0 N–H and O–H groups in total. The summed E-state index contributed by atoms with van der Waals surface area (Å²) in [5, 5.41) is 9.19. The van der Waals surface area contributed by atoms with E-state index in [2.05, 4.69) is 15.2 Å². The molecule has 1 saturated carbocycles. The number of hydrogen-bond acceptors (Lipinski definition) is 3. The van der Waals surface area contributed by atoms with Gasteiger partial charge >= 0.3 is 6.18 Å². The van der Waals surface area contributed by atoms with Crippen LogP contribution in [0.2, 0.25) is 0 Å². The lowest BCUT2D eigenvalue weighted by Crippen LogP contribution is -2.18. The normalized spacial score (nSPS) is 15.1. The molecule has 0 saturated heterocycles. The Morgan fingerprint density at radius 3 is 2.70 bits per heavy atom. The van der Waals surface area contributed by atoms with Crippen molar-refractivity contribution >= 4 is 16.6 Å². The van der Waals surface area contributed by atoms with E-state index in [1.807, 2.05) is 25.1 Å². The summed E-state index contributed by atoms with van der Waals surface area (Å²) >= 11 is 0. The topological polar surface area (TPSA) is 48.0 Å². The van der Waals surface area contributed by atoms with Gasteiger partial charge < -0.3 is 0 Å². The summed E-state index contributed by atoms with van der Waals surface area (Å²) in [6.07, 6.45) is -0.220. The third kappa shape index (κ3) is 2.67. The van der Waals surface area contributed by atoms with Crippen LogP contribution < -0.4 is 0 Å². The Hall–Kier alpha value is -2.90. The predicted octanol–water partition coefficient (Wildman–Crippen LogP) is 4.35. The Morgan fingerprint density at radius 2 is 1.96 bits per heavy atom. The molecule has 0 amide bonds. The summed E-state index contributed by atoms with van der Waals surface area (Å²) in [6, 6.07) is 8.54. The van der Waals surface area contributed by atoms with Gasteiger partial charge in [-0.2, -0.15) is 23.4 Å². The zero-order chi connectivity index (χ0) is 18.8. The fourth-order valence-corrected chi connectivity index (χ4v) is 3.52. The number of hydrogen-bond donors (Lipinski definition) is 0. The highest BCUT2D eigenvalue weighted by Crippen LogP contribution is 2.36. The van der Waals surface area contributed by atoms with Crippen molar-refractivity contribution in [2.45, 2.75) is 32.4 Å². The van der Waals surface area contributed by atoms with Gasteiger partial charge in [-0.3, -0.25) is 0 Å². The molecule has 0 atom stereocenters. The standard InChI is InChI=1S/C19H16F3N5/c1-11-3-2-4-13-10-23-26(17(11)13)14-7-8-16-24-15(9-12-5-6-12)25-27(16)18(14)19(20,21)22/h2-4,7-8,10,12H,5-6,9H2,1H3. The van der Waals surface area contributed by atoms with Crippen LogP contribution in [0.3, 0.4) is 0 Å². The highest BCUT2D eigenvalue weighted by Gasteiger charge is 2.39. The summed E-state index contributed by atoms with van der Waals surface area (Å²) < 4.78 is 44.3. The van der Waals surface area contributed by atoms with Crippen LogP contribution >= 0.6 is 0 Å². The van der Waals surface area contributed by atoms with Gasteiger partial charge in [0.05, 0.1) is 17.4 Å². The minimum absolute atomic E-state index is 0.0535. The first kappa shape index (κ1) is 16.3. The average Bonchev–Trinajstić information content (AvgIpc) is 3.15. The van der Waals surface area contributed by atoms with E-state index in [1.165, 1.54) is 10.7 Å². The number of aromatic nitrogens is 5. The molecule has 5 rings (SSSR count). The Labute approximate surface area is 152 Å². The summed E-state index contributed by atoms with van der Waals surface area (Å²) in [5.74, 6) is 0.954. The van der Waals surface area contributed by atoms with Crippen molar-refractivity contribution in [2.24, 2.45) is 5.92 Å². The third-order valence-corrected chi connectivity index (χ3v) is 4.98.